The average molecular weight is 224 g/mol. The molecule has 2 rings (SSSR count). The SMILES string of the molecule is CC(C)C1SCc2ccc(F)cc2C1=O. The van der Waals surface area contributed by atoms with Crippen LogP contribution in [-0.4, -0.2) is 11.0 Å². The monoisotopic (exact) mass is 224 g/mol. The van der Waals surface area contributed by atoms with E-state index >= 15 is 0 Å². The molecule has 1 aliphatic heterocycles. The van der Waals surface area contributed by atoms with Crippen molar-refractivity contribution in [3.05, 3.63) is 35.1 Å². The van der Waals surface area contributed by atoms with Gasteiger partial charge in [-0.3, -0.25) is 4.79 Å². The summed E-state index contributed by atoms with van der Waals surface area (Å²) in [7, 11) is 0. The molecule has 0 fully saturated rings. The van der Waals surface area contributed by atoms with Crippen LogP contribution in [0.3, 0.4) is 0 Å². The Balaban J connectivity index is 2.40. The molecule has 0 saturated heterocycles. The van der Waals surface area contributed by atoms with Crippen LogP contribution < -0.4 is 0 Å². The number of Topliss-reactive ketones (excluding diaryl/α,β-unsaturated/α-hetero) is 1. The minimum absolute atomic E-state index is 0.0145. The van der Waals surface area contributed by atoms with Gasteiger partial charge in [-0.25, -0.2) is 4.39 Å². The third kappa shape index (κ3) is 1.93. The molecule has 0 aliphatic carbocycles. The number of carbonyl (C=O) groups is 1. The van der Waals surface area contributed by atoms with Gasteiger partial charge in [0.15, 0.2) is 5.78 Å². The second kappa shape index (κ2) is 3.97. The minimum atomic E-state index is -0.323. The molecule has 0 spiro atoms. The van der Waals surface area contributed by atoms with E-state index in [9.17, 15) is 9.18 Å². The molecule has 0 radical (unpaired) electrons. The molecule has 15 heavy (non-hydrogen) atoms. The number of ketones is 1. The summed E-state index contributed by atoms with van der Waals surface area (Å²) in [5.74, 6) is 0.871. The Morgan fingerprint density at radius 1 is 1.47 bits per heavy atom. The van der Waals surface area contributed by atoms with Crippen LogP contribution in [0.15, 0.2) is 18.2 Å². The standard InChI is InChI=1S/C12H13FOS/c1-7(2)12-11(14)10-5-9(13)4-3-8(10)6-15-12/h3-5,7,12H,6H2,1-2H3. The summed E-state index contributed by atoms with van der Waals surface area (Å²) >= 11 is 1.66. The van der Waals surface area contributed by atoms with Gasteiger partial charge in [-0.05, 0) is 23.6 Å². The van der Waals surface area contributed by atoms with Crippen LogP contribution in [0.4, 0.5) is 4.39 Å². The van der Waals surface area contributed by atoms with Crippen molar-refractivity contribution in [2.24, 2.45) is 5.92 Å². The number of carbonyl (C=O) groups excluding carboxylic acids is 1. The number of hydrogen-bond donors (Lipinski definition) is 0. The maximum atomic E-state index is 13.0. The smallest absolute Gasteiger partial charge is 0.176 e. The van der Waals surface area contributed by atoms with Gasteiger partial charge >= 0.3 is 0 Å². The quantitative estimate of drug-likeness (QED) is 0.728. The fourth-order valence-corrected chi connectivity index (χ4v) is 3.08. The predicted molar refractivity (Wildman–Crippen MR) is 60.7 cm³/mol. The van der Waals surface area contributed by atoms with Crippen LogP contribution in [0.25, 0.3) is 0 Å². The Bertz CT molecular complexity index is 401. The van der Waals surface area contributed by atoms with E-state index in [1.807, 2.05) is 13.8 Å². The van der Waals surface area contributed by atoms with Gasteiger partial charge in [0, 0.05) is 11.3 Å². The van der Waals surface area contributed by atoms with Crippen LogP contribution >= 0.6 is 11.8 Å². The first-order valence-electron chi connectivity index (χ1n) is 5.04. The largest absolute Gasteiger partial charge is 0.293 e. The number of hydrogen-bond acceptors (Lipinski definition) is 2. The molecule has 0 bridgehead atoms. The molecule has 80 valence electrons. The van der Waals surface area contributed by atoms with E-state index in [2.05, 4.69) is 0 Å². The third-order valence-corrected chi connectivity index (χ3v) is 4.21. The van der Waals surface area contributed by atoms with Crippen molar-refractivity contribution in [2.45, 2.75) is 24.9 Å². The van der Waals surface area contributed by atoms with Crippen molar-refractivity contribution in [2.75, 3.05) is 0 Å². The average Bonchev–Trinajstić information content (AvgIpc) is 2.19. The molecule has 1 nitrogen and oxygen atoms in total. The molecule has 1 atom stereocenters. The van der Waals surface area contributed by atoms with E-state index in [0.717, 1.165) is 11.3 Å². The van der Waals surface area contributed by atoms with Crippen LogP contribution in [0.2, 0.25) is 0 Å². The third-order valence-electron chi connectivity index (χ3n) is 2.62. The van der Waals surface area contributed by atoms with Crippen molar-refractivity contribution < 1.29 is 9.18 Å². The molecule has 0 amide bonds. The van der Waals surface area contributed by atoms with Crippen LogP contribution in [0.1, 0.15) is 29.8 Å². The molecule has 3 heteroatoms. The molecule has 1 aliphatic rings. The number of halogens is 1. The summed E-state index contributed by atoms with van der Waals surface area (Å²) in [6.07, 6.45) is 0. The maximum Gasteiger partial charge on any atom is 0.176 e. The predicted octanol–water partition coefficient (Wildman–Crippen LogP) is 3.28. The van der Waals surface area contributed by atoms with E-state index in [4.69, 9.17) is 0 Å². The summed E-state index contributed by atoms with van der Waals surface area (Å²) in [5, 5.41) is -0.0145. The number of rotatable bonds is 1. The summed E-state index contributed by atoms with van der Waals surface area (Å²) in [4.78, 5) is 12.0. The second-order valence-corrected chi connectivity index (χ2v) is 5.27. The zero-order valence-electron chi connectivity index (χ0n) is 8.79. The van der Waals surface area contributed by atoms with Crippen LogP contribution in [-0.2, 0) is 5.75 Å². The summed E-state index contributed by atoms with van der Waals surface area (Å²) in [6, 6.07) is 4.50. The van der Waals surface area contributed by atoms with Crippen molar-refractivity contribution in [1.82, 2.24) is 0 Å². The Morgan fingerprint density at radius 2 is 2.20 bits per heavy atom. The van der Waals surface area contributed by atoms with Crippen molar-refractivity contribution in [3.63, 3.8) is 0 Å². The first-order chi connectivity index (χ1) is 7.09. The van der Waals surface area contributed by atoms with Crippen molar-refractivity contribution in [3.8, 4) is 0 Å². The normalized spacial score (nSPS) is 20.5. The Hall–Kier alpha value is -0.830. The highest BCUT2D eigenvalue weighted by atomic mass is 32.2. The van der Waals surface area contributed by atoms with Crippen LogP contribution in [0, 0.1) is 11.7 Å². The first kappa shape index (κ1) is 10.7. The van der Waals surface area contributed by atoms with E-state index < -0.39 is 0 Å². The lowest BCUT2D eigenvalue weighted by atomic mass is 9.96. The molecule has 1 aromatic rings. The molecule has 0 N–H and O–H groups in total. The molecule has 1 heterocycles. The Labute approximate surface area is 93.1 Å². The van der Waals surface area contributed by atoms with Gasteiger partial charge < -0.3 is 0 Å². The second-order valence-electron chi connectivity index (χ2n) is 4.14. The number of thioether (sulfide) groups is 1. The molecule has 1 unspecified atom stereocenters. The van der Waals surface area contributed by atoms with Crippen molar-refractivity contribution >= 4 is 17.5 Å². The number of benzene rings is 1. The lowest BCUT2D eigenvalue weighted by Crippen LogP contribution is -2.28. The van der Waals surface area contributed by atoms with Gasteiger partial charge in [0.05, 0.1) is 5.25 Å². The zero-order valence-corrected chi connectivity index (χ0v) is 9.60. The van der Waals surface area contributed by atoms with Gasteiger partial charge in [-0.15, -0.1) is 11.8 Å². The topological polar surface area (TPSA) is 17.1 Å². The molecule has 0 saturated carbocycles. The summed E-state index contributed by atoms with van der Waals surface area (Å²) in [5.41, 5.74) is 1.54. The lowest BCUT2D eigenvalue weighted by Gasteiger charge is -2.25. The van der Waals surface area contributed by atoms with Crippen LogP contribution in [0.5, 0.6) is 0 Å². The fraction of sp³-hybridized carbons (Fsp3) is 0.417. The van der Waals surface area contributed by atoms with Crippen molar-refractivity contribution in [1.29, 1.82) is 0 Å². The lowest BCUT2D eigenvalue weighted by molar-refractivity contribution is 0.0972. The van der Waals surface area contributed by atoms with E-state index in [1.165, 1.54) is 12.1 Å². The first-order valence-corrected chi connectivity index (χ1v) is 6.08. The highest BCUT2D eigenvalue weighted by Crippen LogP contribution is 2.34. The van der Waals surface area contributed by atoms with Gasteiger partial charge in [0.25, 0.3) is 0 Å². The van der Waals surface area contributed by atoms with Gasteiger partial charge in [-0.1, -0.05) is 19.9 Å². The zero-order chi connectivity index (χ0) is 11.0. The molecule has 1 aromatic carbocycles. The Morgan fingerprint density at radius 3 is 2.87 bits per heavy atom. The van der Waals surface area contributed by atoms with Gasteiger partial charge in [0.1, 0.15) is 5.82 Å². The highest BCUT2D eigenvalue weighted by Gasteiger charge is 2.30. The van der Waals surface area contributed by atoms with E-state index in [0.29, 0.717) is 11.5 Å². The maximum absolute atomic E-state index is 13.0. The minimum Gasteiger partial charge on any atom is -0.293 e. The summed E-state index contributed by atoms with van der Waals surface area (Å²) < 4.78 is 13.0. The Kier molecular flexibility index (Phi) is 2.83. The van der Waals surface area contributed by atoms with E-state index in [1.54, 1.807) is 17.8 Å². The summed E-state index contributed by atoms with van der Waals surface area (Å²) in [6.45, 7) is 4.06. The van der Waals surface area contributed by atoms with E-state index in [-0.39, 0.29) is 16.9 Å². The van der Waals surface area contributed by atoms with Gasteiger partial charge in [0.2, 0.25) is 0 Å². The fourth-order valence-electron chi connectivity index (χ4n) is 1.81. The van der Waals surface area contributed by atoms with Gasteiger partial charge in [-0.2, -0.15) is 0 Å². The molecular formula is C12H13FOS. The number of fused-ring (bicyclic) bond motifs is 1. The molecule has 0 aromatic heterocycles. The molecular weight excluding hydrogens is 211 g/mol. The highest BCUT2D eigenvalue weighted by molar-refractivity contribution is 8.00.